The molecule has 0 saturated heterocycles. The van der Waals surface area contributed by atoms with Crippen molar-refractivity contribution < 1.29 is 24.5 Å². The van der Waals surface area contributed by atoms with Crippen LogP contribution in [-0.2, 0) is 4.52 Å². The van der Waals surface area contributed by atoms with Gasteiger partial charge in [-0.3, -0.25) is 0 Å². The summed E-state index contributed by atoms with van der Waals surface area (Å²) in [6.45, 7) is -0.435. The van der Waals surface area contributed by atoms with Gasteiger partial charge in [-0.05, 0) is 0 Å². The summed E-state index contributed by atoms with van der Waals surface area (Å²) in [7, 11) is -3.80. The maximum absolute atomic E-state index is 8.57. The van der Waals surface area contributed by atoms with Gasteiger partial charge in [-0.2, -0.15) is 0 Å². The SMILES string of the molecule is OCCO[PH](O)(O)CO. The van der Waals surface area contributed by atoms with Crippen LogP contribution in [0.3, 0.4) is 0 Å². The van der Waals surface area contributed by atoms with Crippen LogP contribution in [0.1, 0.15) is 0 Å². The van der Waals surface area contributed by atoms with Gasteiger partial charge in [0.05, 0.1) is 0 Å². The van der Waals surface area contributed by atoms with Crippen LogP contribution in [0, 0.1) is 0 Å². The van der Waals surface area contributed by atoms with Gasteiger partial charge in [0.1, 0.15) is 0 Å². The third-order valence-electron chi connectivity index (χ3n) is 0.630. The second kappa shape index (κ2) is 4.11. The first kappa shape index (κ1) is 9.23. The number of rotatable bonds is 4. The van der Waals surface area contributed by atoms with Gasteiger partial charge < -0.3 is 0 Å². The van der Waals surface area contributed by atoms with E-state index in [0.29, 0.717) is 0 Å². The Morgan fingerprint density at radius 2 is 1.78 bits per heavy atom. The molecule has 0 saturated carbocycles. The fraction of sp³-hybridized carbons (Fsp3) is 1.00. The van der Waals surface area contributed by atoms with Crippen LogP contribution >= 0.6 is 7.94 Å². The summed E-state index contributed by atoms with van der Waals surface area (Å²) >= 11 is 0. The molecule has 0 spiro atoms. The standard InChI is InChI=1S/C3H11O5P/c4-1-2-8-9(6,7)3-5/h4-7,9H,1-3H2. The molecule has 0 aromatic heterocycles. The summed E-state index contributed by atoms with van der Waals surface area (Å²) in [6.07, 6.45) is -0.771. The maximum atomic E-state index is 8.57. The van der Waals surface area contributed by atoms with E-state index in [1.807, 2.05) is 0 Å². The monoisotopic (exact) mass is 158 g/mol. The Kier molecular flexibility index (Phi) is 4.22. The van der Waals surface area contributed by atoms with Crippen molar-refractivity contribution in [2.75, 3.05) is 19.6 Å². The zero-order valence-corrected chi connectivity index (χ0v) is 5.82. The molecule has 0 fully saturated rings. The Hall–Kier alpha value is 0.230. The van der Waals surface area contributed by atoms with Crippen LogP contribution in [0.15, 0.2) is 0 Å². The van der Waals surface area contributed by atoms with Gasteiger partial charge in [0.15, 0.2) is 0 Å². The van der Waals surface area contributed by atoms with E-state index in [9.17, 15) is 0 Å². The number of hydrogen-bond acceptors (Lipinski definition) is 5. The first-order valence-electron chi connectivity index (χ1n) is 2.43. The second-order valence-electron chi connectivity index (χ2n) is 1.47. The molecule has 9 heavy (non-hydrogen) atoms. The first-order chi connectivity index (χ1) is 4.12. The molecule has 0 rings (SSSR count). The third kappa shape index (κ3) is 4.72. The van der Waals surface area contributed by atoms with E-state index in [1.165, 1.54) is 0 Å². The molecule has 0 amide bonds. The predicted octanol–water partition coefficient (Wildman–Crippen LogP) is -1.58. The Balaban J connectivity index is 3.33. The van der Waals surface area contributed by atoms with Crippen LogP contribution < -0.4 is 0 Å². The van der Waals surface area contributed by atoms with Crippen LogP contribution in [0.5, 0.6) is 0 Å². The van der Waals surface area contributed by atoms with Crippen molar-refractivity contribution >= 4 is 7.94 Å². The van der Waals surface area contributed by atoms with E-state index < -0.39 is 14.3 Å². The molecule has 6 heteroatoms. The van der Waals surface area contributed by atoms with Crippen molar-refractivity contribution in [3.63, 3.8) is 0 Å². The topological polar surface area (TPSA) is 90.2 Å². The van der Waals surface area contributed by atoms with Gasteiger partial charge >= 0.3 is 52.0 Å². The normalized spacial score (nSPS) is 13.8. The van der Waals surface area contributed by atoms with Crippen molar-refractivity contribution in [3.8, 4) is 0 Å². The van der Waals surface area contributed by atoms with Crippen molar-refractivity contribution in [2.45, 2.75) is 0 Å². The van der Waals surface area contributed by atoms with Crippen LogP contribution in [0.25, 0.3) is 0 Å². The van der Waals surface area contributed by atoms with Crippen molar-refractivity contribution in [1.82, 2.24) is 0 Å². The summed E-state index contributed by atoms with van der Waals surface area (Å²) in [6, 6.07) is 0. The Bertz CT molecular complexity index is 74.6. The molecule has 0 aliphatic rings. The summed E-state index contributed by atoms with van der Waals surface area (Å²) in [5, 5.41) is 16.3. The van der Waals surface area contributed by atoms with E-state index in [4.69, 9.17) is 20.0 Å². The summed E-state index contributed by atoms with van der Waals surface area (Å²) in [4.78, 5) is 17.1. The minimum absolute atomic E-state index is 0.153. The zero-order valence-electron chi connectivity index (χ0n) is 4.82. The Morgan fingerprint density at radius 1 is 1.22 bits per heavy atom. The third-order valence-corrected chi connectivity index (χ3v) is 1.71. The molecule has 4 N–H and O–H groups in total. The summed E-state index contributed by atoms with van der Waals surface area (Å²) in [5.41, 5.74) is 0. The number of aliphatic hydroxyl groups excluding tert-OH is 2. The first-order valence-corrected chi connectivity index (χ1v) is 4.44. The van der Waals surface area contributed by atoms with Crippen LogP contribution in [0.4, 0.5) is 0 Å². The Morgan fingerprint density at radius 3 is 2.11 bits per heavy atom. The quantitative estimate of drug-likeness (QED) is 0.371. The Labute approximate surface area is 53.1 Å². The van der Waals surface area contributed by atoms with Gasteiger partial charge in [0, 0.05) is 0 Å². The van der Waals surface area contributed by atoms with Crippen molar-refractivity contribution in [1.29, 1.82) is 0 Å². The fourth-order valence-electron chi connectivity index (χ4n) is 0.255. The molecular formula is C3H11O5P. The molecule has 0 atom stereocenters. The molecule has 5 nitrogen and oxygen atoms in total. The molecule has 0 aromatic carbocycles. The van der Waals surface area contributed by atoms with Gasteiger partial charge in [-0.15, -0.1) is 0 Å². The predicted molar refractivity (Wildman–Crippen MR) is 32.9 cm³/mol. The molecule has 0 aliphatic heterocycles. The van der Waals surface area contributed by atoms with Gasteiger partial charge in [-0.1, -0.05) is 0 Å². The molecule has 0 unspecified atom stereocenters. The van der Waals surface area contributed by atoms with Crippen molar-refractivity contribution in [3.05, 3.63) is 0 Å². The molecule has 0 aromatic rings. The van der Waals surface area contributed by atoms with Gasteiger partial charge in [0.2, 0.25) is 0 Å². The van der Waals surface area contributed by atoms with Crippen LogP contribution in [-0.4, -0.2) is 39.6 Å². The molecule has 58 valence electrons. The average Bonchev–Trinajstić information content (AvgIpc) is 1.84. The molecular weight excluding hydrogens is 147 g/mol. The van der Waals surface area contributed by atoms with Crippen LogP contribution in [0.2, 0.25) is 0 Å². The van der Waals surface area contributed by atoms with Gasteiger partial charge in [-0.25, -0.2) is 0 Å². The molecule has 0 bridgehead atoms. The molecule has 0 heterocycles. The number of aliphatic hydroxyl groups is 2. The number of hydrogen-bond donors (Lipinski definition) is 4. The fourth-order valence-corrected chi connectivity index (χ4v) is 0.764. The summed E-state index contributed by atoms with van der Waals surface area (Å²) < 4.78 is 4.28. The average molecular weight is 158 g/mol. The van der Waals surface area contributed by atoms with E-state index in [1.54, 1.807) is 0 Å². The zero-order chi connectivity index (χ0) is 7.33. The molecule has 0 aliphatic carbocycles. The minimum atomic E-state index is -3.80. The van der Waals surface area contributed by atoms with E-state index in [0.717, 1.165) is 0 Å². The summed E-state index contributed by atoms with van der Waals surface area (Å²) in [5.74, 6) is 0. The molecule has 0 radical (unpaired) electrons. The second-order valence-corrected chi connectivity index (χ2v) is 3.56. The van der Waals surface area contributed by atoms with E-state index in [2.05, 4.69) is 4.52 Å². The van der Waals surface area contributed by atoms with E-state index >= 15 is 0 Å². The van der Waals surface area contributed by atoms with Gasteiger partial charge in [0.25, 0.3) is 0 Å². The van der Waals surface area contributed by atoms with E-state index in [-0.39, 0.29) is 13.2 Å². The van der Waals surface area contributed by atoms with Crippen molar-refractivity contribution in [2.24, 2.45) is 0 Å².